The SMILES string of the molecule is CCOc1ccc(C(=O)Nc2cccc(C(=O)NN=Cc3cc(Br)cc(Br)c3OC(=O)c3ccco3)c2)cc1OCC. The smallest absolute Gasteiger partial charge is 0.379 e. The molecule has 0 aliphatic heterocycles. The van der Waals surface area contributed by atoms with Gasteiger partial charge in [-0.1, -0.05) is 22.0 Å². The van der Waals surface area contributed by atoms with E-state index < -0.39 is 11.9 Å². The fourth-order valence-electron chi connectivity index (χ4n) is 3.68. The lowest BCUT2D eigenvalue weighted by Crippen LogP contribution is -2.18. The van der Waals surface area contributed by atoms with Crippen LogP contribution in [0.25, 0.3) is 0 Å². The van der Waals surface area contributed by atoms with Gasteiger partial charge in [0.05, 0.1) is 30.2 Å². The van der Waals surface area contributed by atoms with Crippen molar-refractivity contribution in [2.24, 2.45) is 5.10 Å². The van der Waals surface area contributed by atoms with Gasteiger partial charge in [-0.05, 0) is 90.4 Å². The summed E-state index contributed by atoms with van der Waals surface area (Å²) in [4.78, 5) is 38.1. The number of nitrogens with one attached hydrogen (secondary N) is 2. The molecule has 0 aliphatic carbocycles. The molecule has 0 saturated carbocycles. The number of benzene rings is 3. The zero-order chi connectivity index (χ0) is 30.1. The number of ether oxygens (including phenoxy) is 3. The van der Waals surface area contributed by atoms with E-state index in [2.05, 4.69) is 47.7 Å². The Bertz CT molecular complexity index is 1620. The van der Waals surface area contributed by atoms with Gasteiger partial charge >= 0.3 is 5.97 Å². The molecule has 0 unspecified atom stereocenters. The van der Waals surface area contributed by atoms with Crippen LogP contribution < -0.4 is 25.0 Å². The normalized spacial score (nSPS) is 10.8. The maximum atomic E-state index is 12.9. The molecular formula is C30H25Br2N3O7. The van der Waals surface area contributed by atoms with Crippen LogP contribution in [0.3, 0.4) is 0 Å². The van der Waals surface area contributed by atoms with Gasteiger partial charge in [0.1, 0.15) is 0 Å². The Labute approximate surface area is 258 Å². The van der Waals surface area contributed by atoms with Gasteiger partial charge in [0.2, 0.25) is 5.76 Å². The van der Waals surface area contributed by atoms with Crippen molar-refractivity contribution >= 4 is 61.5 Å². The van der Waals surface area contributed by atoms with Gasteiger partial charge in [-0.2, -0.15) is 5.10 Å². The first-order valence-electron chi connectivity index (χ1n) is 12.7. The third-order valence-corrected chi connectivity index (χ3v) is 6.56. The predicted molar refractivity (Wildman–Crippen MR) is 164 cm³/mol. The summed E-state index contributed by atoms with van der Waals surface area (Å²) in [6.07, 6.45) is 2.70. The first-order valence-corrected chi connectivity index (χ1v) is 14.3. The molecule has 4 aromatic rings. The fourth-order valence-corrected chi connectivity index (χ4v) is 5.02. The molecule has 0 aliphatic rings. The second-order valence-electron chi connectivity index (χ2n) is 8.43. The van der Waals surface area contributed by atoms with Gasteiger partial charge in [-0.15, -0.1) is 0 Å². The van der Waals surface area contributed by atoms with Crippen LogP contribution in [0, 0.1) is 0 Å². The zero-order valence-electron chi connectivity index (χ0n) is 22.5. The van der Waals surface area contributed by atoms with Crippen molar-refractivity contribution in [2.45, 2.75) is 13.8 Å². The van der Waals surface area contributed by atoms with Crippen molar-refractivity contribution in [3.05, 3.63) is 104 Å². The van der Waals surface area contributed by atoms with Gasteiger partial charge in [0, 0.05) is 26.9 Å². The number of halogens is 2. The predicted octanol–water partition coefficient (Wildman–Crippen LogP) is 6.84. The van der Waals surface area contributed by atoms with E-state index in [1.165, 1.54) is 24.6 Å². The average Bonchev–Trinajstić information content (AvgIpc) is 3.51. The lowest BCUT2D eigenvalue weighted by Gasteiger charge is -2.13. The second-order valence-corrected chi connectivity index (χ2v) is 10.2. The molecule has 0 saturated heterocycles. The largest absolute Gasteiger partial charge is 0.490 e. The molecular weight excluding hydrogens is 674 g/mol. The van der Waals surface area contributed by atoms with Crippen molar-refractivity contribution in [1.29, 1.82) is 0 Å². The highest BCUT2D eigenvalue weighted by Crippen LogP contribution is 2.33. The lowest BCUT2D eigenvalue weighted by atomic mass is 10.1. The summed E-state index contributed by atoms with van der Waals surface area (Å²) < 4.78 is 22.9. The number of carbonyl (C=O) groups is 3. The Morgan fingerprint density at radius 1 is 0.881 bits per heavy atom. The van der Waals surface area contributed by atoms with Gasteiger partial charge in [0.25, 0.3) is 11.8 Å². The molecule has 1 heterocycles. The highest BCUT2D eigenvalue weighted by Gasteiger charge is 2.17. The van der Waals surface area contributed by atoms with E-state index in [0.29, 0.717) is 50.5 Å². The van der Waals surface area contributed by atoms with Gasteiger partial charge in [0.15, 0.2) is 17.2 Å². The zero-order valence-corrected chi connectivity index (χ0v) is 25.7. The van der Waals surface area contributed by atoms with Gasteiger partial charge < -0.3 is 23.9 Å². The molecule has 2 amide bonds. The summed E-state index contributed by atoms with van der Waals surface area (Å²) in [6.45, 7) is 4.59. The summed E-state index contributed by atoms with van der Waals surface area (Å²) in [5.74, 6) is -0.367. The second kappa shape index (κ2) is 14.5. The number of hydrazone groups is 1. The third-order valence-electron chi connectivity index (χ3n) is 5.51. The minimum Gasteiger partial charge on any atom is -0.490 e. The van der Waals surface area contributed by atoms with E-state index in [0.717, 1.165) is 0 Å². The topological polar surface area (TPSA) is 128 Å². The maximum absolute atomic E-state index is 12.9. The fraction of sp³-hybridized carbons (Fsp3) is 0.133. The lowest BCUT2D eigenvalue weighted by molar-refractivity contribution is 0.0699. The molecule has 216 valence electrons. The Kier molecular flexibility index (Phi) is 10.5. The van der Waals surface area contributed by atoms with Crippen LogP contribution in [0.2, 0.25) is 0 Å². The van der Waals surface area contributed by atoms with Crippen molar-refractivity contribution < 1.29 is 33.0 Å². The number of esters is 1. The van der Waals surface area contributed by atoms with Crippen molar-refractivity contribution in [2.75, 3.05) is 18.5 Å². The Morgan fingerprint density at radius 2 is 1.64 bits per heavy atom. The Morgan fingerprint density at radius 3 is 2.38 bits per heavy atom. The van der Waals surface area contributed by atoms with Crippen LogP contribution in [0.5, 0.6) is 17.2 Å². The van der Waals surface area contributed by atoms with Gasteiger partial charge in [-0.25, -0.2) is 10.2 Å². The first kappa shape index (κ1) is 30.5. The van der Waals surface area contributed by atoms with Crippen LogP contribution in [-0.4, -0.2) is 37.2 Å². The highest BCUT2D eigenvalue weighted by atomic mass is 79.9. The van der Waals surface area contributed by atoms with Crippen LogP contribution in [0.15, 0.2) is 91.5 Å². The van der Waals surface area contributed by atoms with Crippen LogP contribution >= 0.6 is 31.9 Å². The monoisotopic (exact) mass is 697 g/mol. The van der Waals surface area contributed by atoms with E-state index >= 15 is 0 Å². The number of rotatable bonds is 11. The minimum atomic E-state index is -0.695. The molecule has 0 radical (unpaired) electrons. The molecule has 1 aromatic heterocycles. The number of nitrogens with zero attached hydrogens (tertiary/aromatic N) is 1. The standard InChI is InChI=1S/C30H25Br2N3O7/c1-3-39-24-11-10-19(15-26(24)40-4-2)28(36)34-22-8-5-7-18(14-22)29(37)35-33-17-20-13-21(31)16-23(32)27(20)42-30(38)25-9-6-12-41-25/h5-17H,3-4H2,1-2H3,(H,34,36)(H,35,37). The van der Waals surface area contributed by atoms with E-state index in [1.807, 2.05) is 13.8 Å². The summed E-state index contributed by atoms with van der Waals surface area (Å²) >= 11 is 6.77. The molecule has 10 nitrogen and oxygen atoms in total. The quantitative estimate of drug-likeness (QED) is 0.0760. The number of amides is 2. The molecule has 3 aromatic carbocycles. The Balaban J connectivity index is 1.44. The number of hydrogen-bond donors (Lipinski definition) is 2. The molecule has 2 N–H and O–H groups in total. The van der Waals surface area contributed by atoms with Crippen LogP contribution in [-0.2, 0) is 0 Å². The average molecular weight is 699 g/mol. The summed E-state index contributed by atoms with van der Waals surface area (Å²) in [7, 11) is 0. The van der Waals surface area contributed by atoms with Crippen LogP contribution in [0.4, 0.5) is 5.69 Å². The van der Waals surface area contributed by atoms with Crippen molar-refractivity contribution in [3.8, 4) is 17.2 Å². The number of carbonyl (C=O) groups excluding carboxylic acids is 3. The number of hydrogen-bond acceptors (Lipinski definition) is 8. The van der Waals surface area contributed by atoms with Crippen molar-refractivity contribution in [1.82, 2.24) is 5.43 Å². The van der Waals surface area contributed by atoms with E-state index in [-0.39, 0.29) is 23.0 Å². The van der Waals surface area contributed by atoms with E-state index in [4.69, 9.17) is 18.6 Å². The first-order chi connectivity index (χ1) is 20.3. The van der Waals surface area contributed by atoms with Crippen LogP contribution in [0.1, 0.15) is 50.7 Å². The number of anilines is 1. The molecule has 4 rings (SSSR count). The van der Waals surface area contributed by atoms with Crippen molar-refractivity contribution in [3.63, 3.8) is 0 Å². The van der Waals surface area contributed by atoms with Gasteiger partial charge in [-0.3, -0.25) is 9.59 Å². The molecule has 12 heteroatoms. The third kappa shape index (κ3) is 7.86. The molecule has 42 heavy (non-hydrogen) atoms. The summed E-state index contributed by atoms with van der Waals surface area (Å²) in [5.41, 5.74) is 3.88. The molecule has 0 atom stereocenters. The summed E-state index contributed by atoms with van der Waals surface area (Å²) in [6, 6.07) is 17.7. The van der Waals surface area contributed by atoms with E-state index in [9.17, 15) is 14.4 Å². The minimum absolute atomic E-state index is 0.0326. The molecule has 0 fully saturated rings. The number of furan rings is 1. The Hall–Kier alpha value is -4.42. The highest BCUT2D eigenvalue weighted by molar-refractivity contribution is 9.11. The molecule has 0 bridgehead atoms. The van der Waals surface area contributed by atoms with E-state index in [1.54, 1.807) is 54.6 Å². The molecule has 0 spiro atoms. The summed E-state index contributed by atoms with van der Waals surface area (Å²) in [5, 5.41) is 6.81. The maximum Gasteiger partial charge on any atom is 0.379 e.